The Hall–Kier alpha value is -3.06. The first kappa shape index (κ1) is 37.0. The van der Waals surface area contributed by atoms with E-state index in [0.29, 0.717) is 17.4 Å². The molecule has 7 heteroatoms. The second-order valence-corrected chi connectivity index (χ2v) is 11.0. The number of pyridine rings is 1. The number of carbonyl (C=O) groups is 1. The van der Waals surface area contributed by atoms with Gasteiger partial charge < -0.3 is 14.4 Å². The second kappa shape index (κ2) is 19.2. The number of halogens is 1. The number of hydrogen-bond donors (Lipinski definition) is 0. The molecule has 0 radical (unpaired) electrons. The quantitative estimate of drug-likeness (QED) is 0.234. The maximum absolute atomic E-state index is 14.4. The molecular formula is C35H55FN4O2. The molecule has 1 fully saturated rings. The Balaban J connectivity index is 0.00000211. The molecule has 0 aliphatic carbocycles. The van der Waals surface area contributed by atoms with E-state index >= 15 is 0 Å². The zero-order chi connectivity index (χ0) is 31.8. The Morgan fingerprint density at radius 2 is 1.81 bits per heavy atom. The number of nitrogens with zero attached hydrogens (tertiary/aromatic N) is 4. The minimum absolute atomic E-state index is 0.258. The van der Waals surface area contributed by atoms with Gasteiger partial charge in [-0.05, 0) is 71.4 Å². The smallest absolute Gasteiger partial charge is 0.142 e. The molecule has 6 nitrogen and oxygen atoms in total. The maximum Gasteiger partial charge on any atom is 0.142 e. The first-order valence-electron chi connectivity index (χ1n) is 15.5. The van der Waals surface area contributed by atoms with Crippen LogP contribution in [-0.4, -0.2) is 52.2 Å². The van der Waals surface area contributed by atoms with Crippen molar-refractivity contribution in [3.8, 4) is 16.9 Å². The Morgan fingerprint density at radius 3 is 2.38 bits per heavy atom. The normalized spacial score (nSPS) is 16.3. The number of hydrogen-bond acceptors (Lipinski definition) is 5. The molecule has 0 bridgehead atoms. The molecule has 3 heterocycles. The van der Waals surface area contributed by atoms with Crippen LogP contribution >= 0.6 is 0 Å². The van der Waals surface area contributed by atoms with Gasteiger partial charge >= 0.3 is 0 Å². The summed E-state index contributed by atoms with van der Waals surface area (Å²) >= 11 is 0. The average molecular weight is 583 g/mol. The van der Waals surface area contributed by atoms with Crippen LogP contribution in [0.1, 0.15) is 99.2 Å². The molecule has 0 amide bonds. The summed E-state index contributed by atoms with van der Waals surface area (Å²) in [6, 6.07) is 2.44. The van der Waals surface area contributed by atoms with E-state index in [4.69, 9.17) is 14.6 Å². The van der Waals surface area contributed by atoms with Crippen molar-refractivity contribution in [3.63, 3.8) is 0 Å². The lowest BCUT2D eigenvalue weighted by atomic mass is 9.97. The van der Waals surface area contributed by atoms with Crippen LogP contribution in [0.5, 0.6) is 5.75 Å². The van der Waals surface area contributed by atoms with E-state index in [-0.39, 0.29) is 11.9 Å². The summed E-state index contributed by atoms with van der Waals surface area (Å²) < 4.78 is 22.8. The van der Waals surface area contributed by atoms with Gasteiger partial charge in [0.2, 0.25) is 0 Å². The van der Waals surface area contributed by atoms with Crippen LogP contribution in [0.25, 0.3) is 11.1 Å². The third kappa shape index (κ3) is 10.6. The molecule has 3 rings (SSSR count). The van der Waals surface area contributed by atoms with E-state index in [9.17, 15) is 4.39 Å². The first-order chi connectivity index (χ1) is 20.1. The van der Waals surface area contributed by atoms with Crippen LogP contribution < -0.4 is 4.74 Å². The van der Waals surface area contributed by atoms with Gasteiger partial charge in [-0.25, -0.2) is 4.39 Å². The molecule has 2 aromatic rings. The zero-order valence-electron chi connectivity index (χ0n) is 27.7. The number of rotatable bonds is 12. The summed E-state index contributed by atoms with van der Waals surface area (Å²) in [5, 5.41) is 4.72. The molecule has 2 aromatic heterocycles. The van der Waals surface area contributed by atoms with Crippen LogP contribution in [0.2, 0.25) is 0 Å². The summed E-state index contributed by atoms with van der Waals surface area (Å²) in [5.74, 6) is 1.19. The first-order valence-corrected chi connectivity index (χ1v) is 15.5. The summed E-state index contributed by atoms with van der Waals surface area (Å²) in [6.07, 6.45) is 13.2. The minimum atomic E-state index is -0.369. The van der Waals surface area contributed by atoms with Crippen molar-refractivity contribution in [2.24, 2.45) is 5.92 Å². The highest BCUT2D eigenvalue weighted by atomic mass is 19.1. The molecule has 0 saturated carbocycles. The molecule has 2 atom stereocenters. The molecule has 0 N–H and O–H groups in total. The van der Waals surface area contributed by atoms with Gasteiger partial charge in [0.1, 0.15) is 24.5 Å². The van der Waals surface area contributed by atoms with E-state index in [0.717, 1.165) is 59.8 Å². The molecule has 42 heavy (non-hydrogen) atoms. The van der Waals surface area contributed by atoms with E-state index in [1.807, 2.05) is 59.9 Å². The number of unbranched alkanes of at least 4 members (excludes halogenated alkanes) is 1. The number of aromatic nitrogens is 3. The molecule has 1 saturated heterocycles. The number of likely N-dealkylation sites (tertiary alicyclic amines) is 1. The fourth-order valence-corrected chi connectivity index (χ4v) is 5.49. The highest BCUT2D eigenvalue weighted by Gasteiger charge is 2.23. The monoisotopic (exact) mass is 582 g/mol. The lowest BCUT2D eigenvalue weighted by molar-refractivity contribution is -0.0980. The van der Waals surface area contributed by atoms with Crippen LogP contribution in [0, 0.1) is 12.8 Å². The third-order valence-electron chi connectivity index (χ3n) is 7.71. The van der Waals surface area contributed by atoms with E-state index < -0.39 is 0 Å². The lowest BCUT2D eigenvalue weighted by Crippen LogP contribution is -2.37. The van der Waals surface area contributed by atoms with E-state index in [1.54, 1.807) is 13.8 Å². The predicted octanol–water partition coefficient (Wildman–Crippen LogP) is 9.09. The van der Waals surface area contributed by atoms with Crippen molar-refractivity contribution in [3.05, 3.63) is 65.6 Å². The largest absolute Gasteiger partial charge is 0.484 e. The van der Waals surface area contributed by atoms with Gasteiger partial charge in [0, 0.05) is 48.7 Å². The summed E-state index contributed by atoms with van der Waals surface area (Å²) in [7, 11) is 0. The van der Waals surface area contributed by atoms with Gasteiger partial charge in [0.15, 0.2) is 0 Å². The Bertz CT molecular complexity index is 1160. The summed E-state index contributed by atoms with van der Waals surface area (Å²) in [5.41, 5.74) is 4.89. The van der Waals surface area contributed by atoms with Gasteiger partial charge in [0.25, 0.3) is 0 Å². The van der Waals surface area contributed by atoms with Gasteiger partial charge in [0.05, 0.1) is 17.9 Å². The molecule has 234 valence electrons. The molecule has 1 aliphatic heterocycles. The number of ether oxygens (including phenoxy) is 1. The highest BCUT2D eigenvalue weighted by molar-refractivity contribution is 5.63. The van der Waals surface area contributed by atoms with Crippen molar-refractivity contribution >= 4 is 6.79 Å². The Morgan fingerprint density at radius 1 is 1.17 bits per heavy atom. The third-order valence-corrected chi connectivity index (χ3v) is 7.71. The molecule has 0 aromatic carbocycles. The average Bonchev–Trinajstić information content (AvgIpc) is 3.49. The molecule has 0 spiro atoms. The van der Waals surface area contributed by atoms with Crippen LogP contribution in [0.15, 0.2) is 59.9 Å². The van der Waals surface area contributed by atoms with E-state index in [1.165, 1.54) is 31.9 Å². The van der Waals surface area contributed by atoms with Gasteiger partial charge in [-0.2, -0.15) is 5.10 Å². The van der Waals surface area contributed by atoms with E-state index in [2.05, 4.69) is 41.2 Å². The standard InChI is InChI=1S/C32H47FN4O.C2H6.CH2O/c1-9-11-12-23(5)20-36-15-13-29(14-16-36)37-21-28(19-35-37)27-17-31(25(7)34-18-27)38-26(8)32(22(3)4)24(6)30(33)10-2;2*1-2/h10,17-19,21,23,26,29H,3,9,11-16,20H2,1-2,4-8H3;1-2H3;1H2/b30-10+,32-24+;;/t23-,26?;;/m1../s1. The van der Waals surface area contributed by atoms with Gasteiger partial charge in [-0.3, -0.25) is 9.67 Å². The summed E-state index contributed by atoms with van der Waals surface area (Å²) in [6.45, 7) is 27.4. The second-order valence-electron chi connectivity index (χ2n) is 11.0. The van der Waals surface area contributed by atoms with Gasteiger partial charge in [-0.15, -0.1) is 0 Å². The van der Waals surface area contributed by atoms with Gasteiger partial charge in [-0.1, -0.05) is 58.8 Å². The molecular weight excluding hydrogens is 527 g/mol. The highest BCUT2D eigenvalue weighted by Crippen LogP contribution is 2.31. The fourth-order valence-electron chi connectivity index (χ4n) is 5.49. The summed E-state index contributed by atoms with van der Waals surface area (Å²) in [4.78, 5) is 15.2. The van der Waals surface area contributed by atoms with Crippen molar-refractivity contribution < 1.29 is 13.9 Å². The SMILES string of the molecule is C=C(C)/C(=C(C)\C(F)=C/C)C(C)Oc1cc(-c2cnn(C3CCN(C[C@H](C)CCCC)CC3)c2)cnc1C.C=O.CC. The number of aryl methyl sites for hydroxylation is 1. The Kier molecular flexibility index (Phi) is 16.9. The number of carbonyl (C=O) groups excluding carboxylic acids is 1. The van der Waals surface area contributed by atoms with Crippen molar-refractivity contribution in [1.82, 2.24) is 19.7 Å². The predicted molar refractivity (Wildman–Crippen MR) is 175 cm³/mol. The topological polar surface area (TPSA) is 60.2 Å². The minimum Gasteiger partial charge on any atom is -0.484 e. The maximum atomic E-state index is 14.4. The van der Waals surface area contributed by atoms with Crippen LogP contribution in [0.3, 0.4) is 0 Å². The zero-order valence-corrected chi connectivity index (χ0v) is 27.7. The van der Waals surface area contributed by atoms with Crippen molar-refractivity contribution in [2.75, 3.05) is 19.6 Å². The van der Waals surface area contributed by atoms with Crippen molar-refractivity contribution in [2.45, 2.75) is 107 Å². The van der Waals surface area contributed by atoms with Crippen LogP contribution in [-0.2, 0) is 4.79 Å². The van der Waals surface area contributed by atoms with Crippen molar-refractivity contribution in [1.29, 1.82) is 0 Å². The molecule has 1 unspecified atom stereocenters. The Labute approximate surface area is 254 Å². The molecule has 1 aliphatic rings. The lowest BCUT2D eigenvalue weighted by Gasteiger charge is -2.33. The fraction of sp³-hybridized carbons (Fsp3) is 0.571. The number of piperidine rings is 1. The number of allylic oxidation sites excluding steroid dienone is 3. The van der Waals surface area contributed by atoms with Crippen LogP contribution in [0.4, 0.5) is 4.39 Å².